The first-order valence-corrected chi connectivity index (χ1v) is 7.74. The highest BCUT2D eigenvalue weighted by Crippen LogP contribution is 2.23. The SMILES string of the molecule is COc1ccccc1-n1c(CNC(=O)c2ccccc2)n[nH]c1=S. The predicted octanol–water partition coefficient (Wildman–Crippen LogP) is 2.87. The molecule has 6 nitrogen and oxygen atoms in total. The Balaban J connectivity index is 1.86. The van der Waals surface area contributed by atoms with Gasteiger partial charge in [-0.15, -0.1) is 0 Å². The largest absolute Gasteiger partial charge is 0.495 e. The number of nitrogens with one attached hydrogen (secondary N) is 2. The standard InChI is InChI=1S/C17H16N4O2S/c1-23-14-10-6-5-9-13(14)21-15(19-20-17(21)24)11-18-16(22)12-7-3-2-4-8-12/h2-10H,11H2,1H3,(H,18,22)(H,20,24). The monoisotopic (exact) mass is 340 g/mol. The maximum Gasteiger partial charge on any atom is 0.251 e. The summed E-state index contributed by atoms with van der Waals surface area (Å²) in [5, 5.41) is 9.81. The highest BCUT2D eigenvalue weighted by molar-refractivity contribution is 7.71. The molecule has 2 N–H and O–H groups in total. The number of H-pyrrole nitrogens is 1. The summed E-state index contributed by atoms with van der Waals surface area (Å²) >= 11 is 5.31. The molecule has 0 aliphatic heterocycles. The fraction of sp³-hybridized carbons (Fsp3) is 0.118. The van der Waals surface area contributed by atoms with Gasteiger partial charge in [-0.05, 0) is 36.5 Å². The van der Waals surface area contributed by atoms with Crippen molar-refractivity contribution in [2.75, 3.05) is 7.11 Å². The van der Waals surface area contributed by atoms with Gasteiger partial charge in [-0.1, -0.05) is 30.3 Å². The van der Waals surface area contributed by atoms with E-state index in [0.29, 0.717) is 21.9 Å². The lowest BCUT2D eigenvalue weighted by Crippen LogP contribution is -2.24. The fourth-order valence-electron chi connectivity index (χ4n) is 2.36. The number of amides is 1. The van der Waals surface area contributed by atoms with E-state index in [1.807, 2.05) is 42.5 Å². The zero-order valence-electron chi connectivity index (χ0n) is 13.0. The number of methoxy groups -OCH3 is 1. The van der Waals surface area contributed by atoms with Crippen LogP contribution in [0.1, 0.15) is 16.2 Å². The molecule has 0 aliphatic rings. The molecule has 1 heterocycles. The van der Waals surface area contributed by atoms with Crippen molar-refractivity contribution in [1.29, 1.82) is 0 Å². The molecular weight excluding hydrogens is 324 g/mol. The van der Waals surface area contributed by atoms with Crippen molar-refractivity contribution < 1.29 is 9.53 Å². The molecule has 1 amide bonds. The minimum absolute atomic E-state index is 0.170. The first-order chi connectivity index (χ1) is 11.7. The molecule has 3 aromatic rings. The third-order valence-electron chi connectivity index (χ3n) is 3.51. The molecule has 0 saturated heterocycles. The van der Waals surface area contributed by atoms with E-state index in [9.17, 15) is 4.79 Å². The van der Waals surface area contributed by atoms with Crippen LogP contribution in [0.2, 0.25) is 0 Å². The summed E-state index contributed by atoms with van der Waals surface area (Å²) in [4.78, 5) is 12.2. The van der Waals surface area contributed by atoms with E-state index in [0.717, 1.165) is 5.69 Å². The van der Waals surface area contributed by atoms with Gasteiger partial charge < -0.3 is 10.1 Å². The van der Waals surface area contributed by atoms with Crippen molar-refractivity contribution in [3.8, 4) is 11.4 Å². The zero-order valence-corrected chi connectivity index (χ0v) is 13.8. The molecule has 0 fully saturated rings. The number of carbonyl (C=O) groups excluding carboxylic acids is 1. The highest BCUT2D eigenvalue weighted by atomic mass is 32.1. The number of rotatable bonds is 5. The minimum atomic E-state index is -0.170. The Morgan fingerprint density at radius 2 is 1.92 bits per heavy atom. The summed E-state index contributed by atoms with van der Waals surface area (Å²) in [6, 6.07) is 16.5. The quantitative estimate of drug-likeness (QED) is 0.701. The second-order valence-corrected chi connectivity index (χ2v) is 5.39. The maximum absolute atomic E-state index is 12.2. The number of carbonyl (C=O) groups is 1. The summed E-state index contributed by atoms with van der Waals surface area (Å²) in [5.41, 5.74) is 1.36. The molecule has 0 radical (unpaired) electrons. The molecule has 0 unspecified atom stereocenters. The molecule has 0 aliphatic carbocycles. The lowest BCUT2D eigenvalue weighted by molar-refractivity contribution is 0.0949. The summed E-state index contributed by atoms with van der Waals surface area (Å²) in [6.07, 6.45) is 0. The summed E-state index contributed by atoms with van der Waals surface area (Å²) < 4.78 is 7.56. The van der Waals surface area contributed by atoms with Gasteiger partial charge in [0.25, 0.3) is 5.91 Å². The van der Waals surface area contributed by atoms with Gasteiger partial charge in [0, 0.05) is 5.56 Å². The maximum atomic E-state index is 12.2. The Labute approximate surface area is 144 Å². The van der Waals surface area contributed by atoms with Crippen LogP contribution in [-0.4, -0.2) is 27.8 Å². The van der Waals surface area contributed by atoms with E-state index < -0.39 is 0 Å². The summed E-state index contributed by atoms with van der Waals surface area (Å²) in [7, 11) is 1.60. The van der Waals surface area contributed by atoms with Crippen LogP contribution < -0.4 is 10.1 Å². The van der Waals surface area contributed by atoms with Crippen LogP contribution in [0.5, 0.6) is 5.75 Å². The van der Waals surface area contributed by atoms with Crippen LogP contribution in [0.15, 0.2) is 54.6 Å². The lowest BCUT2D eigenvalue weighted by Gasteiger charge is -2.11. The van der Waals surface area contributed by atoms with Crippen LogP contribution in [0, 0.1) is 4.77 Å². The highest BCUT2D eigenvalue weighted by Gasteiger charge is 2.13. The number of ether oxygens (including phenoxy) is 1. The molecule has 0 saturated carbocycles. The molecule has 1 aromatic heterocycles. The second-order valence-electron chi connectivity index (χ2n) is 5.00. The zero-order chi connectivity index (χ0) is 16.9. The van der Waals surface area contributed by atoms with Gasteiger partial charge >= 0.3 is 0 Å². The second kappa shape index (κ2) is 7.10. The van der Waals surface area contributed by atoms with E-state index in [1.165, 1.54) is 0 Å². The lowest BCUT2D eigenvalue weighted by atomic mass is 10.2. The van der Waals surface area contributed by atoms with Gasteiger partial charge in [0.15, 0.2) is 10.6 Å². The number of aromatic nitrogens is 3. The number of hydrogen-bond donors (Lipinski definition) is 2. The van der Waals surface area contributed by atoms with Crippen LogP contribution >= 0.6 is 12.2 Å². The van der Waals surface area contributed by atoms with Gasteiger partial charge in [-0.2, -0.15) is 5.10 Å². The van der Waals surface area contributed by atoms with E-state index in [2.05, 4.69) is 15.5 Å². The first-order valence-electron chi connectivity index (χ1n) is 7.33. The van der Waals surface area contributed by atoms with E-state index >= 15 is 0 Å². The van der Waals surface area contributed by atoms with Gasteiger partial charge in [0.2, 0.25) is 0 Å². The smallest absolute Gasteiger partial charge is 0.251 e. The molecule has 7 heteroatoms. The fourth-order valence-corrected chi connectivity index (χ4v) is 2.61. The van der Waals surface area contributed by atoms with E-state index in [1.54, 1.807) is 23.8 Å². The summed E-state index contributed by atoms with van der Waals surface area (Å²) in [5.74, 6) is 1.09. The number of nitrogens with zero attached hydrogens (tertiary/aromatic N) is 2. The van der Waals surface area contributed by atoms with Crippen molar-refractivity contribution in [3.63, 3.8) is 0 Å². The van der Waals surface area contributed by atoms with Crippen LogP contribution in [0.4, 0.5) is 0 Å². The van der Waals surface area contributed by atoms with E-state index in [-0.39, 0.29) is 12.5 Å². The number of benzene rings is 2. The van der Waals surface area contributed by atoms with Gasteiger partial charge in [0.1, 0.15) is 5.75 Å². The molecule has 0 atom stereocenters. The minimum Gasteiger partial charge on any atom is -0.495 e. The Hall–Kier alpha value is -2.93. The third kappa shape index (κ3) is 3.21. The third-order valence-corrected chi connectivity index (χ3v) is 3.78. The number of para-hydroxylation sites is 2. The van der Waals surface area contributed by atoms with Crippen molar-refractivity contribution in [1.82, 2.24) is 20.1 Å². The number of hydrogen-bond acceptors (Lipinski definition) is 4. The molecule has 24 heavy (non-hydrogen) atoms. The van der Waals surface area contributed by atoms with Crippen molar-refractivity contribution >= 4 is 18.1 Å². The topological polar surface area (TPSA) is 71.9 Å². The molecule has 2 aromatic carbocycles. The van der Waals surface area contributed by atoms with Crippen molar-refractivity contribution in [2.45, 2.75) is 6.54 Å². The van der Waals surface area contributed by atoms with Gasteiger partial charge in [0.05, 0.1) is 19.3 Å². The molecule has 0 bridgehead atoms. The normalized spacial score (nSPS) is 10.4. The predicted molar refractivity (Wildman–Crippen MR) is 92.9 cm³/mol. The Morgan fingerprint density at radius 1 is 1.21 bits per heavy atom. The van der Waals surface area contributed by atoms with Gasteiger partial charge in [-0.25, -0.2) is 0 Å². The van der Waals surface area contributed by atoms with Crippen LogP contribution in [0.25, 0.3) is 5.69 Å². The summed E-state index contributed by atoms with van der Waals surface area (Å²) in [6.45, 7) is 0.235. The molecule has 0 spiro atoms. The molecule has 122 valence electrons. The average Bonchev–Trinajstić information content (AvgIpc) is 3.00. The Bertz CT molecular complexity index is 902. The Kier molecular flexibility index (Phi) is 4.72. The van der Waals surface area contributed by atoms with Crippen molar-refractivity contribution in [2.24, 2.45) is 0 Å². The van der Waals surface area contributed by atoms with Crippen molar-refractivity contribution in [3.05, 3.63) is 70.8 Å². The molecular formula is C17H16N4O2S. The number of aromatic amines is 1. The van der Waals surface area contributed by atoms with E-state index in [4.69, 9.17) is 17.0 Å². The molecule has 3 rings (SSSR count). The van der Waals surface area contributed by atoms with Crippen LogP contribution in [0.3, 0.4) is 0 Å². The van der Waals surface area contributed by atoms with Gasteiger partial charge in [-0.3, -0.25) is 14.5 Å². The average molecular weight is 340 g/mol. The Morgan fingerprint density at radius 3 is 2.67 bits per heavy atom. The first kappa shape index (κ1) is 15.9. The van der Waals surface area contributed by atoms with Crippen LogP contribution in [-0.2, 0) is 6.54 Å².